The summed E-state index contributed by atoms with van der Waals surface area (Å²) >= 11 is 1.34. The molecule has 0 radical (unpaired) electrons. The Bertz CT molecular complexity index is 385. The quantitative estimate of drug-likeness (QED) is 0.580. The predicted octanol–water partition coefficient (Wildman–Crippen LogP) is -0.182. The Morgan fingerprint density at radius 3 is 2.77 bits per heavy atom. The molecule has 0 fully saturated rings. The van der Waals surface area contributed by atoms with Gasteiger partial charge in [-0.05, 0) is 6.07 Å². The van der Waals surface area contributed by atoms with Crippen molar-refractivity contribution in [2.75, 3.05) is 0 Å². The number of hydrogen-bond donors (Lipinski definition) is 3. The molecule has 0 spiro atoms. The first-order chi connectivity index (χ1) is 6.27. The second-order valence-corrected chi connectivity index (χ2v) is 3.68. The second kappa shape index (κ2) is 3.33. The molecule has 2 rings (SSSR count). The van der Waals surface area contributed by atoms with Crippen molar-refractivity contribution in [2.45, 2.75) is 0 Å². The Labute approximate surface area is 79.0 Å². The minimum absolute atomic E-state index is 0.538. The molecular weight excluding hydrogens is 187 g/mol. The van der Waals surface area contributed by atoms with E-state index in [0.717, 1.165) is 10.4 Å². The van der Waals surface area contributed by atoms with Gasteiger partial charge in [0.05, 0.1) is 6.20 Å². The molecule has 2 heterocycles. The zero-order valence-corrected chi connectivity index (χ0v) is 7.45. The Kier molecular flexibility index (Phi) is 2.18. The number of nitrogens with zero attached hydrogens (tertiary/aromatic N) is 1. The van der Waals surface area contributed by atoms with Gasteiger partial charge in [0.2, 0.25) is 0 Å². The van der Waals surface area contributed by atoms with Gasteiger partial charge >= 0.3 is 7.12 Å². The van der Waals surface area contributed by atoms with Crippen molar-refractivity contribution in [3.8, 4) is 10.4 Å². The summed E-state index contributed by atoms with van der Waals surface area (Å²) < 4.78 is 0.538. The van der Waals surface area contributed by atoms with Crippen molar-refractivity contribution in [1.29, 1.82) is 0 Å². The molecule has 4 nitrogen and oxygen atoms in total. The molecule has 0 aliphatic heterocycles. The van der Waals surface area contributed by atoms with Gasteiger partial charge in [0, 0.05) is 21.4 Å². The molecule has 0 saturated carbocycles. The lowest BCUT2D eigenvalue weighted by molar-refractivity contribution is 0.427. The fourth-order valence-electron chi connectivity index (χ4n) is 1.03. The molecule has 6 heteroatoms. The average Bonchev–Trinajstić information content (AvgIpc) is 2.75. The molecular formula is C7H7BN2O2S. The van der Waals surface area contributed by atoms with Crippen molar-refractivity contribution >= 4 is 23.2 Å². The maximum absolute atomic E-state index is 8.88. The predicted molar refractivity (Wildman–Crippen MR) is 51.7 cm³/mol. The lowest BCUT2D eigenvalue weighted by atomic mass is 9.90. The number of H-pyrrole nitrogens is 1. The molecule has 13 heavy (non-hydrogen) atoms. The van der Waals surface area contributed by atoms with E-state index in [1.807, 2.05) is 6.07 Å². The standard InChI is InChI=1S/C7H7BN2O2S/c11-8(12)7-2-1-6(13-7)5-3-9-10-4-5/h1-4,11-12H,(H,9,10). The molecule has 0 aliphatic rings. The first-order valence-corrected chi connectivity index (χ1v) is 4.54. The highest BCUT2D eigenvalue weighted by molar-refractivity contribution is 7.24. The van der Waals surface area contributed by atoms with E-state index in [1.54, 1.807) is 18.5 Å². The van der Waals surface area contributed by atoms with Gasteiger partial charge in [-0.1, -0.05) is 6.07 Å². The molecule has 0 unspecified atom stereocenters. The Morgan fingerprint density at radius 1 is 1.38 bits per heavy atom. The van der Waals surface area contributed by atoms with Gasteiger partial charge in [0.1, 0.15) is 0 Å². The van der Waals surface area contributed by atoms with E-state index in [0.29, 0.717) is 4.78 Å². The lowest BCUT2D eigenvalue weighted by Gasteiger charge is -1.90. The third kappa shape index (κ3) is 1.64. The third-order valence-electron chi connectivity index (χ3n) is 1.66. The van der Waals surface area contributed by atoms with Crippen LogP contribution in [0.25, 0.3) is 10.4 Å². The van der Waals surface area contributed by atoms with E-state index in [4.69, 9.17) is 10.0 Å². The topological polar surface area (TPSA) is 69.1 Å². The van der Waals surface area contributed by atoms with Crippen LogP contribution in [0.2, 0.25) is 0 Å². The summed E-state index contributed by atoms with van der Waals surface area (Å²) in [6.07, 6.45) is 3.46. The zero-order chi connectivity index (χ0) is 9.26. The van der Waals surface area contributed by atoms with Crippen LogP contribution in [0.4, 0.5) is 0 Å². The third-order valence-corrected chi connectivity index (χ3v) is 2.84. The van der Waals surface area contributed by atoms with Gasteiger partial charge < -0.3 is 10.0 Å². The molecule has 3 N–H and O–H groups in total. The number of thiophene rings is 1. The van der Waals surface area contributed by atoms with Crippen LogP contribution in [0.5, 0.6) is 0 Å². The van der Waals surface area contributed by atoms with Crippen molar-refractivity contribution in [1.82, 2.24) is 10.2 Å². The van der Waals surface area contributed by atoms with E-state index < -0.39 is 7.12 Å². The largest absolute Gasteiger partial charge is 0.499 e. The van der Waals surface area contributed by atoms with Crippen LogP contribution in [-0.4, -0.2) is 27.4 Å². The van der Waals surface area contributed by atoms with Gasteiger partial charge in [0.15, 0.2) is 0 Å². The molecule has 0 atom stereocenters. The smallest absolute Gasteiger partial charge is 0.423 e. The van der Waals surface area contributed by atoms with Crippen molar-refractivity contribution in [3.63, 3.8) is 0 Å². The molecule has 0 aromatic carbocycles. The Balaban J connectivity index is 2.33. The first kappa shape index (κ1) is 8.49. The van der Waals surface area contributed by atoms with Crippen molar-refractivity contribution in [2.24, 2.45) is 0 Å². The number of aromatic nitrogens is 2. The van der Waals surface area contributed by atoms with Crippen LogP contribution in [0.3, 0.4) is 0 Å². The van der Waals surface area contributed by atoms with Gasteiger partial charge in [-0.15, -0.1) is 11.3 Å². The summed E-state index contributed by atoms with van der Waals surface area (Å²) in [6, 6.07) is 3.53. The molecule has 2 aromatic heterocycles. The van der Waals surface area contributed by atoms with Crippen molar-refractivity contribution < 1.29 is 10.0 Å². The number of hydrogen-bond acceptors (Lipinski definition) is 4. The molecule has 0 amide bonds. The molecule has 0 saturated heterocycles. The van der Waals surface area contributed by atoms with Crippen molar-refractivity contribution in [3.05, 3.63) is 24.5 Å². The first-order valence-electron chi connectivity index (χ1n) is 3.72. The lowest BCUT2D eigenvalue weighted by Crippen LogP contribution is -2.26. The SMILES string of the molecule is OB(O)c1ccc(-c2cn[nH]c2)s1. The van der Waals surface area contributed by atoms with Crippen LogP contribution in [0.1, 0.15) is 0 Å². The highest BCUT2D eigenvalue weighted by Crippen LogP contribution is 2.21. The Morgan fingerprint density at radius 2 is 2.23 bits per heavy atom. The second-order valence-electron chi connectivity index (χ2n) is 2.56. The van der Waals surface area contributed by atoms with Gasteiger partial charge in [-0.2, -0.15) is 5.10 Å². The maximum atomic E-state index is 8.88. The minimum Gasteiger partial charge on any atom is -0.423 e. The van der Waals surface area contributed by atoms with Crippen LogP contribution in [0, 0.1) is 0 Å². The fourth-order valence-corrected chi connectivity index (χ4v) is 1.89. The highest BCUT2D eigenvalue weighted by atomic mass is 32.1. The number of aromatic amines is 1. The van der Waals surface area contributed by atoms with Gasteiger partial charge in [-0.3, -0.25) is 5.10 Å². The minimum atomic E-state index is -1.38. The molecule has 66 valence electrons. The summed E-state index contributed by atoms with van der Waals surface area (Å²) in [5.74, 6) is 0. The Hall–Kier alpha value is -1.11. The maximum Gasteiger partial charge on any atom is 0.499 e. The summed E-state index contributed by atoms with van der Waals surface area (Å²) in [5.41, 5.74) is 0.955. The van der Waals surface area contributed by atoms with E-state index in [9.17, 15) is 0 Å². The number of rotatable bonds is 2. The van der Waals surface area contributed by atoms with E-state index in [1.165, 1.54) is 11.3 Å². The van der Waals surface area contributed by atoms with E-state index in [2.05, 4.69) is 10.2 Å². The van der Waals surface area contributed by atoms with E-state index in [-0.39, 0.29) is 0 Å². The van der Waals surface area contributed by atoms with Gasteiger partial charge in [0.25, 0.3) is 0 Å². The normalized spacial score (nSPS) is 10.3. The van der Waals surface area contributed by atoms with Crippen LogP contribution in [-0.2, 0) is 0 Å². The summed E-state index contributed by atoms with van der Waals surface area (Å²) in [7, 11) is -1.38. The zero-order valence-electron chi connectivity index (χ0n) is 6.64. The van der Waals surface area contributed by atoms with E-state index >= 15 is 0 Å². The highest BCUT2D eigenvalue weighted by Gasteiger charge is 2.14. The molecule has 0 bridgehead atoms. The molecule has 2 aromatic rings. The van der Waals surface area contributed by atoms with Crippen LogP contribution >= 0.6 is 11.3 Å². The van der Waals surface area contributed by atoms with Gasteiger partial charge in [-0.25, -0.2) is 0 Å². The average molecular weight is 194 g/mol. The fraction of sp³-hybridized carbons (Fsp3) is 0. The van der Waals surface area contributed by atoms with Crippen LogP contribution in [0.15, 0.2) is 24.5 Å². The molecule has 0 aliphatic carbocycles. The summed E-state index contributed by atoms with van der Waals surface area (Å²) in [5, 5.41) is 24.3. The van der Waals surface area contributed by atoms with Crippen LogP contribution < -0.4 is 4.78 Å². The number of nitrogens with one attached hydrogen (secondary N) is 1. The monoisotopic (exact) mass is 194 g/mol. The summed E-state index contributed by atoms with van der Waals surface area (Å²) in [6.45, 7) is 0. The summed E-state index contributed by atoms with van der Waals surface area (Å²) in [4.78, 5) is 0.969.